The molecule has 1 atom stereocenters. The van der Waals surface area contributed by atoms with Crippen molar-refractivity contribution >= 4 is 27.5 Å². The van der Waals surface area contributed by atoms with E-state index >= 15 is 0 Å². The molecular formula is C9H9BrClN. The van der Waals surface area contributed by atoms with Crippen molar-refractivity contribution in [1.82, 2.24) is 0 Å². The average molecular weight is 247 g/mol. The van der Waals surface area contributed by atoms with Crippen LogP contribution in [0.5, 0.6) is 0 Å². The van der Waals surface area contributed by atoms with Crippen LogP contribution in [0.1, 0.15) is 11.6 Å². The van der Waals surface area contributed by atoms with Crippen molar-refractivity contribution in [2.45, 2.75) is 6.04 Å². The molecule has 0 aliphatic carbocycles. The molecule has 1 nitrogen and oxygen atoms in total. The van der Waals surface area contributed by atoms with E-state index in [1.54, 1.807) is 6.08 Å². The van der Waals surface area contributed by atoms with Crippen molar-refractivity contribution in [2.24, 2.45) is 5.73 Å². The van der Waals surface area contributed by atoms with E-state index in [9.17, 15) is 0 Å². The molecule has 0 unspecified atom stereocenters. The van der Waals surface area contributed by atoms with Gasteiger partial charge in [0.15, 0.2) is 0 Å². The second-order valence-corrected chi connectivity index (χ2v) is 3.75. The van der Waals surface area contributed by atoms with Crippen LogP contribution in [0.25, 0.3) is 0 Å². The van der Waals surface area contributed by atoms with E-state index in [1.807, 2.05) is 18.2 Å². The molecule has 0 heterocycles. The Hall–Kier alpha value is -0.310. The Morgan fingerprint density at radius 2 is 2.25 bits per heavy atom. The van der Waals surface area contributed by atoms with Gasteiger partial charge >= 0.3 is 0 Å². The van der Waals surface area contributed by atoms with Gasteiger partial charge in [-0.3, -0.25) is 0 Å². The summed E-state index contributed by atoms with van der Waals surface area (Å²) in [6, 6.07) is 5.38. The van der Waals surface area contributed by atoms with Crippen molar-refractivity contribution in [3.05, 3.63) is 45.9 Å². The van der Waals surface area contributed by atoms with Crippen LogP contribution in [0.2, 0.25) is 5.02 Å². The molecule has 1 aromatic rings. The third kappa shape index (κ3) is 2.09. The summed E-state index contributed by atoms with van der Waals surface area (Å²) in [5.74, 6) is 0. The number of hydrogen-bond acceptors (Lipinski definition) is 1. The number of benzene rings is 1. The van der Waals surface area contributed by atoms with Crippen molar-refractivity contribution in [3.63, 3.8) is 0 Å². The summed E-state index contributed by atoms with van der Waals surface area (Å²) in [7, 11) is 0. The highest BCUT2D eigenvalue weighted by Crippen LogP contribution is 2.25. The van der Waals surface area contributed by atoms with E-state index < -0.39 is 0 Å². The molecule has 3 heteroatoms. The van der Waals surface area contributed by atoms with E-state index in [-0.39, 0.29) is 6.04 Å². The van der Waals surface area contributed by atoms with Crippen LogP contribution in [0, 0.1) is 0 Å². The molecule has 0 amide bonds. The molecule has 1 rings (SSSR count). The molecule has 0 spiro atoms. The monoisotopic (exact) mass is 245 g/mol. The van der Waals surface area contributed by atoms with Gasteiger partial charge in [-0.15, -0.1) is 6.58 Å². The number of hydrogen-bond donors (Lipinski definition) is 1. The van der Waals surface area contributed by atoms with E-state index in [1.165, 1.54) is 0 Å². The smallest absolute Gasteiger partial charge is 0.0493 e. The lowest BCUT2D eigenvalue weighted by Gasteiger charge is -2.08. The highest BCUT2D eigenvalue weighted by Gasteiger charge is 2.06. The van der Waals surface area contributed by atoms with E-state index in [0.29, 0.717) is 5.02 Å². The minimum atomic E-state index is -0.199. The summed E-state index contributed by atoms with van der Waals surface area (Å²) in [6.07, 6.45) is 1.66. The van der Waals surface area contributed by atoms with Crippen LogP contribution in [-0.2, 0) is 0 Å². The van der Waals surface area contributed by atoms with Crippen LogP contribution < -0.4 is 5.73 Å². The average Bonchev–Trinajstić information content (AvgIpc) is 2.08. The predicted octanol–water partition coefficient (Wildman–Crippen LogP) is 3.29. The SMILES string of the molecule is C=C[C@H](N)c1cc(Br)ccc1Cl. The zero-order valence-corrected chi connectivity index (χ0v) is 8.77. The molecule has 0 radical (unpaired) electrons. The Kier molecular flexibility index (Phi) is 3.32. The first-order valence-electron chi connectivity index (χ1n) is 3.48. The summed E-state index contributed by atoms with van der Waals surface area (Å²) >= 11 is 9.27. The van der Waals surface area contributed by atoms with Gasteiger partial charge in [0.05, 0.1) is 0 Å². The zero-order valence-electron chi connectivity index (χ0n) is 6.43. The minimum absolute atomic E-state index is 0.199. The van der Waals surface area contributed by atoms with Crippen molar-refractivity contribution in [2.75, 3.05) is 0 Å². The lowest BCUT2D eigenvalue weighted by molar-refractivity contribution is 0.913. The molecule has 12 heavy (non-hydrogen) atoms. The van der Waals surface area contributed by atoms with Crippen molar-refractivity contribution in [3.8, 4) is 0 Å². The highest BCUT2D eigenvalue weighted by molar-refractivity contribution is 9.10. The van der Waals surface area contributed by atoms with Gasteiger partial charge in [0, 0.05) is 15.5 Å². The molecule has 0 fully saturated rings. The molecule has 0 saturated carbocycles. The van der Waals surface area contributed by atoms with Gasteiger partial charge in [0.1, 0.15) is 0 Å². The first-order valence-corrected chi connectivity index (χ1v) is 4.65. The van der Waals surface area contributed by atoms with Gasteiger partial charge in [-0.1, -0.05) is 33.6 Å². The van der Waals surface area contributed by atoms with Crippen molar-refractivity contribution in [1.29, 1.82) is 0 Å². The second-order valence-electron chi connectivity index (χ2n) is 2.43. The number of rotatable bonds is 2. The first kappa shape index (κ1) is 9.78. The molecule has 1 aromatic carbocycles. The molecule has 0 bridgehead atoms. The third-order valence-electron chi connectivity index (χ3n) is 1.57. The van der Waals surface area contributed by atoms with Gasteiger partial charge in [-0.25, -0.2) is 0 Å². The Labute approximate surface area is 85.3 Å². The van der Waals surface area contributed by atoms with Crippen LogP contribution >= 0.6 is 27.5 Å². The maximum absolute atomic E-state index is 5.92. The summed E-state index contributed by atoms with van der Waals surface area (Å²) in [5.41, 5.74) is 6.63. The molecule has 2 N–H and O–H groups in total. The van der Waals surface area contributed by atoms with Crippen LogP contribution in [0.15, 0.2) is 35.3 Å². The molecule has 0 saturated heterocycles. The van der Waals surface area contributed by atoms with Crippen LogP contribution in [-0.4, -0.2) is 0 Å². The highest BCUT2D eigenvalue weighted by atomic mass is 79.9. The molecule has 0 aliphatic heterocycles. The normalized spacial score (nSPS) is 12.6. The Bertz CT molecular complexity index is 299. The minimum Gasteiger partial charge on any atom is -0.321 e. The van der Waals surface area contributed by atoms with Gasteiger partial charge in [-0.05, 0) is 23.8 Å². The van der Waals surface area contributed by atoms with Crippen molar-refractivity contribution < 1.29 is 0 Å². The van der Waals surface area contributed by atoms with E-state index in [2.05, 4.69) is 22.5 Å². The fourth-order valence-electron chi connectivity index (χ4n) is 0.897. The topological polar surface area (TPSA) is 26.0 Å². The number of nitrogens with two attached hydrogens (primary N) is 1. The Balaban J connectivity index is 3.12. The molecule has 64 valence electrons. The molecular weight excluding hydrogens is 237 g/mol. The maximum atomic E-state index is 5.92. The van der Waals surface area contributed by atoms with Gasteiger partial charge < -0.3 is 5.73 Å². The maximum Gasteiger partial charge on any atom is 0.0493 e. The van der Waals surface area contributed by atoms with E-state index in [4.69, 9.17) is 17.3 Å². The third-order valence-corrected chi connectivity index (χ3v) is 2.41. The zero-order chi connectivity index (χ0) is 9.14. The van der Waals surface area contributed by atoms with E-state index in [0.717, 1.165) is 10.0 Å². The van der Waals surface area contributed by atoms with Gasteiger partial charge in [-0.2, -0.15) is 0 Å². The Morgan fingerprint density at radius 1 is 1.58 bits per heavy atom. The van der Waals surface area contributed by atoms with Crippen LogP contribution in [0.4, 0.5) is 0 Å². The lowest BCUT2D eigenvalue weighted by atomic mass is 10.1. The predicted molar refractivity (Wildman–Crippen MR) is 56.3 cm³/mol. The van der Waals surface area contributed by atoms with Gasteiger partial charge in [0.25, 0.3) is 0 Å². The fraction of sp³-hybridized carbons (Fsp3) is 0.111. The summed E-state index contributed by atoms with van der Waals surface area (Å²) < 4.78 is 0.971. The largest absolute Gasteiger partial charge is 0.321 e. The number of halogens is 2. The standard InChI is InChI=1S/C9H9BrClN/c1-2-9(12)7-5-6(10)3-4-8(7)11/h2-5,9H,1,12H2/t9-/m0/s1. The fourth-order valence-corrected chi connectivity index (χ4v) is 1.52. The Morgan fingerprint density at radius 3 is 2.83 bits per heavy atom. The second kappa shape index (κ2) is 4.08. The summed E-state index contributed by atoms with van der Waals surface area (Å²) in [5, 5.41) is 0.672. The van der Waals surface area contributed by atoms with Gasteiger partial charge in [0.2, 0.25) is 0 Å². The summed E-state index contributed by atoms with van der Waals surface area (Å²) in [4.78, 5) is 0. The lowest BCUT2D eigenvalue weighted by Crippen LogP contribution is -2.06. The van der Waals surface area contributed by atoms with Crippen LogP contribution in [0.3, 0.4) is 0 Å². The summed E-state index contributed by atoms with van der Waals surface area (Å²) in [6.45, 7) is 3.61. The quantitative estimate of drug-likeness (QED) is 0.796. The molecule has 0 aromatic heterocycles. The first-order chi connectivity index (χ1) is 5.65. The molecule has 0 aliphatic rings.